The molecule has 0 spiro atoms. The van der Waals surface area contributed by atoms with Gasteiger partial charge in [-0.1, -0.05) is 13.8 Å². The van der Waals surface area contributed by atoms with E-state index < -0.39 is 0 Å². The van der Waals surface area contributed by atoms with Crippen molar-refractivity contribution >= 4 is 19.5 Å². The van der Waals surface area contributed by atoms with Crippen LogP contribution in [0.1, 0.15) is 52.4 Å². The van der Waals surface area contributed by atoms with E-state index in [1.165, 1.54) is 0 Å². The molecule has 7 heteroatoms. The summed E-state index contributed by atoms with van der Waals surface area (Å²) in [5, 5.41) is 0. The standard InChI is InChI=1S/C18H34O5Si2/c1-3-17(7-11-21-17)15-19-9-5-13-24-23-25-14-6-10-20-16-18(4-2)8-12-22-18/h3-16H2,1-2H3. The molecule has 0 saturated carbocycles. The minimum absolute atomic E-state index is 0.0315. The monoisotopic (exact) mass is 386 g/mol. The van der Waals surface area contributed by atoms with E-state index in [1.54, 1.807) is 0 Å². The Bertz CT molecular complexity index is 305. The molecule has 4 radical (unpaired) electrons. The molecule has 0 aromatic heterocycles. The Morgan fingerprint density at radius 2 is 1.24 bits per heavy atom. The van der Waals surface area contributed by atoms with E-state index in [2.05, 4.69) is 13.8 Å². The molecule has 2 saturated heterocycles. The minimum atomic E-state index is 0.0315. The summed E-state index contributed by atoms with van der Waals surface area (Å²) in [7, 11) is 1.19. The van der Waals surface area contributed by atoms with Crippen molar-refractivity contribution < 1.29 is 23.1 Å². The van der Waals surface area contributed by atoms with Crippen molar-refractivity contribution in [1.82, 2.24) is 0 Å². The van der Waals surface area contributed by atoms with Crippen LogP contribution in [-0.2, 0) is 23.1 Å². The maximum Gasteiger partial charge on any atom is 0.214 e. The topological polar surface area (TPSA) is 46.2 Å². The SMILES string of the molecule is CCC1(COCCC[Si]O[Si]CCCOCC2(CC)CCO2)CCO1. The molecule has 2 unspecified atom stereocenters. The second-order valence-corrected chi connectivity index (χ2v) is 9.37. The number of ether oxygens (including phenoxy) is 4. The van der Waals surface area contributed by atoms with E-state index >= 15 is 0 Å². The molecular weight excluding hydrogens is 352 g/mol. The van der Waals surface area contributed by atoms with Crippen LogP contribution in [0.15, 0.2) is 0 Å². The number of hydrogen-bond acceptors (Lipinski definition) is 5. The summed E-state index contributed by atoms with van der Waals surface area (Å²) in [6, 6.07) is 2.19. The van der Waals surface area contributed by atoms with E-state index in [9.17, 15) is 0 Å². The minimum Gasteiger partial charge on any atom is -0.457 e. The predicted octanol–water partition coefficient (Wildman–Crippen LogP) is 3.03. The fourth-order valence-electron chi connectivity index (χ4n) is 2.93. The summed E-state index contributed by atoms with van der Waals surface area (Å²) in [6.07, 6.45) is 6.54. The third-order valence-corrected chi connectivity index (χ3v) is 7.50. The molecule has 0 aromatic carbocycles. The van der Waals surface area contributed by atoms with Crippen LogP contribution >= 0.6 is 0 Å². The Hall–Kier alpha value is 0.234. The van der Waals surface area contributed by atoms with Gasteiger partial charge in [0.1, 0.15) is 0 Å². The number of hydrogen-bond donors (Lipinski definition) is 0. The molecule has 2 heterocycles. The largest absolute Gasteiger partial charge is 0.457 e. The predicted molar refractivity (Wildman–Crippen MR) is 100 cm³/mol. The molecule has 5 nitrogen and oxygen atoms in total. The van der Waals surface area contributed by atoms with Gasteiger partial charge in [-0.25, -0.2) is 0 Å². The Kier molecular flexibility index (Phi) is 10.2. The first-order valence-corrected chi connectivity index (χ1v) is 12.0. The average Bonchev–Trinajstić information content (AvgIpc) is 2.56. The van der Waals surface area contributed by atoms with Crippen LogP contribution in [0.5, 0.6) is 0 Å². The van der Waals surface area contributed by atoms with Crippen LogP contribution in [0.2, 0.25) is 12.1 Å². The van der Waals surface area contributed by atoms with Gasteiger partial charge in [-0.2, -0.15) is 0 Å². The zero-order chi connectivity index (χ0) is 17.8. The van der Waals surface area contributed by atoms with Gasteiger partial charge in [0.25, 0.3) is 0 Å². The Labute approximate surface area is 158 Å². The molecule has 0 N–H and O–H groups in total. The summed E-state index contributed by atoms with van der Waals surface area (Å²) in [4.78, 5) is 0. The summed E-state index contributed by atoms with van der Waals surface area (Å²) in [6.45, 7) is 9.27. The summed E-state index contributed by atoms with van der Waals surface area (Å²) < 4.78 is 28.5. The third kappa shape index (κ3) is 7.40. The van der Waals surface area contributed by atoms with E-state index in [4.69, 9.17) is 23.1 Å². The van der Waals surface area contributed by atoms with Gasteiger partial charge in [0.05, 0.1) is 37.6 Å². The lowest BCUT2D eigenvalue weighted by Crippen LogP contribution is -2.47. The molecule has 2 fully saturated rings. The molecule has 2 rings (SSSR count). The maximum absolute atomic E-state index is 5.75. The first-order valence-electron chi connectivity index (χ1n) is 9.79. The lowest BCUT2D eigenvalue weighted by Gasteiger charge is -2.40. The molecule has 2 aliphatic heterocycles. The molecule has 2 aliphatic rings. The van der Waals surface area contributed by atoms with Gasteiger partial charge in [0.15, 0.2) is 0 Å². The van der Waals surface area contributed by atoms with Crippen molar-refractivity contribution in [2.45, 2.75) is 75.7 Å². The van der Waals surface area contributed by atoms with E-state index in [1.807, 2.05) is 0 Å². The summed E-state index contributed by atoms with van der Waals surface area (Å²) in [5.74, 6) is 0. The highest BCUT2D eigenvalue weighted by Gasteiger charge is 2.37. The van der Waals surface area contributed by atoms with Crippen molar-refractivity contribution in [3.8, 4) is 0 Å². The van der Waals surface area contributed by atoms with Crippen LogP contribution in [0.25, 0.3) is 0 Å². The van der Waals surface area contributed by atoms with Gasteiger partial charge in [0, 0.05) is 26.1 Å². The van der Waals surface area contributed by atoms with Crippen LogP contribution in [0.4, 0.5) is 0 Å². The fourth-order valence-corrected chi connectivity index (χ4v) is 4.74. The lowest BCUT2D eigenvalue weighted by atomic mass is 9.93. The Morgan fingerprint density at radius 1 is 0.800 bits per heavy atom. The maximum atomic E-state index is 5.75. The normalized spacial score (nSPS) is 28.6. The summed E-state index contributed by atoms with van der Waals surface area (Å²) >= 11 is 0. The third-order valence-electron chi connectivity index (χ3n) is 5.23. The zero-order valence-electron chi connectivity index (χ0n) is 15.9. The lowest BCUT2D eigenvalue weighted by molar-refractivity contribution is -0.182. The molecule has 144 valence electrons. The van der Waals surface area contributed by atoms with Gasteiger partial charge < -0.3 is 23.1 Å². The van der Waals surface area contributed by atoms with Gasteiger partial charge in [0.2, 0.25) is 19.5 Å². The van der Waals surface area contributed by atoms with E-state index in [-0.39, 0.29) is 11.2 Å². The Morgan fingerprint density at radius 3 is 1.56 bits per heavy atom. The van der Waals surface area contributed by atoms with Gasteiger partial charge >= 0.3 is 0 Å². The van der Waals surface area contributed by atoms with Gasteiger partial charge in [-0.3, -0.25) is 0 Å². The van der Waals surface area contributed by atoms with Gasteiger partial charge in [-0.15, -0.1) is 0 Å². The highest BCUT2D eigenvalue weighted by molar-refractivity contribution is 6.42. The average molecular weight is 387 g/mol. The molecular formula is C18H34O5Si2. The molecule has 0 aliphatic carbocycles. The van der Waals surface area contributed by atoms with E-state index in [0.717, 1.165) is 90.3 Å². The molecule has 25 heavy (non-hydrogen) atoms. The summed E-state index contributed by atoms with van der Waals surface area (Å²) in [5.41, 5.74) is 0.0630. The van der Waals surface area contributed by atoms with Crippen LogP contribution in [0, 0.1) is 0 Å². The molecule has 0 aromatic rings. The first kappa shape index (κ1) is 21.5. The molecule has 0 amide bonds. The Balaban J connectivity index is 1.28. The highest BCUT2D eigenvalue weighted by atomic mass is 28.3. The molecule has 0 bridgehead atoms. The van der Waals surface area contributed by atoms with Crippen LogP contribution in [-0.4, -0.2) is 70.4 Å². The van der Waals surface area contributed by atoms with E-state index in [0.29, 0.717) is 19.5 Å². The van der Waals surface area contributed by atoms with Crippen LogP contribution < -0.4 is 0 Å². The first-order chi connectivity index (χ1) is 12.2. The van der Waals surface area contributed by atoms with Crippen molar-refractivity contribution in [1.29, 1.82) is 0 Å². The quantitative estimate of drug-likeness (QED) is 0.301. The highest BCUT2D eigenvalue weighted by Crippen LogP contribution is 2.30. The number of rotatable bonds is 16. The fraction of sp³-hybridized carbons (Fsp3) is 1.00. The van der Waals surface area contributed by atoms with Crippen molar-refractivity contribution in [3.63, 3.8) is 0 Å². The van der Waals surface area contributed by atoms with Gasteiger partial charge in [-0.05, 0) is 37.8 Å². The van der Waals surface area contributed by atoms with Crippen LogP contribution in [0.3, 0.4) is 0 Å². The smallest absolute Gasteiger partial charge is 0.214 e. The zero-order valence-corrected chi connectivity index (χ0v) is 17.9. The van der Waals surface area contributed by atoms with Crippen molar-refractivity contribution in [2.75, 3.05) is 39.6 Å². The second-order valence-electron chi connectivity index (χ2n) is 6.97. The van der Waals surface area contributed by atoms with Crippen molar-refractivity contribution in [3.05, 3.63) is 0 Å². The second kappa shape index (κ2) is 11.8. The molecule has 2 atom stereocenters. The van der Waals surface area contributed by atoms with Crippen molar-refractivity contribution in [2.24, 2.45) is 0 Å².